The highest BCUT2D eigenvalue weighted by Gasteiger charge is 2.39. The normalized spacial score (nSPS) is 14.0. The lowest BCUT2D eigenvalue weighted by atomic mass is 10.3. The number of hydrogen-bond acceptors (Lipinski definition) is 5. The van der Waals surface area contributed by atoms with Crippen molar-refractivity contribution >= 4 is 20.1 Å². The van der Waals surface area contributed by atoms with Crippen LogP contribution in [-0.4, -0.2) is 43.9 Å². The van der Waals surface area contributed by atoms with Gasteiger partial charge in [-0.15, -0.1) is 0 Å². The monoisotopic (exact) mass is 324 g/mol. The maximum absolute atomic E-state index is 10.2. The summed E-state index contributed by atoms with van der Waals surface area (Å²) in [6.07, 6.45) is 5.47. The second-order valence-electron chi connectivity index (χ2n) is 3.93. The molecule has 120 valence electrons. The van der Waals surface area contributed by atoms with Crippen LogP contribution in [0.2, 0.25) is 6.04 Å². The summed E-state index contributed by atoms with van der Waals surface area (Å²) in [6, 6.07) is 0.772. The van der Waals surface area contributed by atoms with Gasteiger partial charge in [0.15, 0.2) is 0 Å². The molecule has 0 saturated carbocycles. The van der Waals surface area contributed by atoms with E-state index in [0.717, 1.165) is 18.9 Å². The second kappa shape index (κ2) is 12.6. The molecule has 0 aliphatic carbocycles. The molecule has 0 amide bonds. The first-order chi connectivity index (χ1) is 9.60. The third kappa shape index (κ3) is 9.75. The van der Waals surface area contributed by atoms with Crippen molar-refractivity contribution in [3.8, 4) is 0 Å². The molecule has 0 aromatic carbocycles. The Labute approximate surface area is 125 Å². The lowest BCUT2D eigenvalue weighted by Crippen LogP contribution is -2.45. The van der Waals surface area contributed by atoms with Crippen LogP contribution in [0, 0.1) is 0 Å². The average molecular weight is 324 g/mol. The second-order valence-corrected chi connectivity index (χ2v) is 7.42. The first-order valence-electron chi connectivity index (χ1n) is 6.99. The molecule has 0 fully saturated rings. The zero-order chi connectivity index (χ0) is 15.3. The van der Waals surface area contributed by atoms with E-state index in [1.165, 1.54) is 0 Å². The SMILES string of the molecule is CCO[Si](CCCC=CCNS(=O)[O-])(OCC)OCC. The van der Waals surface area contributed by atoms with E-state index in [1.807, 2.05) is 26.8 Å². The molecule has 0 saturated heterocycles. The Bertz CT molecular complexity index is 274. The third-order valence-corrected chi connectivity index (χ3v) is 5.99. The molecule has 0 rings (SSSR count). The van der Waals surface area contributed by atoms with Gasteiger partial charge in [-0.1, -0.05) is 12.2 Å². The van der Waals surface area contributed by atoms with Gasteiger partial charge in [0, 0.05) is 43.7 Å². The Morgan fingerprint density at radius 1 is 1.10 bits per heavy atom. The molecule has 1 atom stereocenters. The highest BCUT2D eigenvalue weighted by molar-refractivity contribution is 7.77. The number of hydrogen-bond donors (Lipinski definition) is 1. The topological polar surface area (TPSA) is 79.9 Å². The molecule has 0 aliphatic rings. The summed E-state index contributed by atoms with van der Waals surface area (Å²) >= 11 is -2.20. The summed E-state index contributed by atoms with van der Waals surface area (Å²) in [5.74, 6) is 0. The van der Waals surface area contributed by atoms with Gasteiger partial charge in [-0.3, -0.25) is 4.21 Å². The number of unbranched alkanes of at least 4 members (excludes halogenated alkanes) is 1. The van der Waals surface area contributed by atoms with Crippen molar-refractivity contribution in [3.05, 3.63) is 12.2 Å². The van der Waals surface area contributed by atoms with E-state index in [2.05, 4.69) is 4.72 Å². The molecular formula is C12H26NO5SSi-. The molecule has 0 aromatic heterocycles. The van der Waals surface area contributed by atoms with Crippen LogP contribution >= 0.6 is 0 Å². The summed E-state index contributed by atoms with van der Waals surface area (Å²) in [7, 11) is -2.53. The average Bonchev–Trinajstić information content (AvgIpc) is 2.38. The number of nitrogens with one attached hydrogen (secondary N) is 1. The Morgan fingerprint density at radius 2 is 1.65 bits per heavy atom. The zero-order valence-corrected chi connectivity index (χ0v) is 14.4. The Kier molecular flexibility index (Phi) is 12.6. The van der Waals surface area contributed by atoms with Crippen LogP contribution in [0.3, 0.4) is 0 Å². The summed E-state index contributed by atoms with van der Waals surface area (Å²) in [4.78, 5) is 0. The molecule has 1 unspecified atom stereocenters. The van der Waals surface area contributed by atoms with E-state index >= 15 is 0 Å². The van der Waals surface area contributed by atoms with Crippen LogP contribution in [0.15, 0.2) is 12.2 Å². The largest absolute Gasteiger partial charge is 0.760 e. The Hall–Kier alpha value is -0.0931. The zero-order valence-electron chi connectivity index (χ0n) is 12.6. The summed E-state index contributed by atoms with van der Waals surface area (Å²) in [5.41, 5.74) is 0. The van der Waals surface area contributed by atoms with E-state index in [1.54, 1.807) is 6.08 Å². The molecule has 6 nitrogen and oxygen atoms in total. The van der Waals surface area contributed by atoms with Gasteiger partial charge < -0.3 is 17.8 Å². The first kappa shape index (κ1) is 19.9. The smallest absolute Gasteiger partial charge is 0.500 e. The van der Waals surface area contributed by atoms with Gasteiger partial charge in [0.2, 0.25) is 0 Å². The van der Waals surface area contributed by atoms with Gasteiger partial charge >= 0.3 is 8.80 Å². The maximum atomic E-state index is 10.2. The van der Waals surface area contributed by atoms with Crippen LogP contribution in [0.1, 0.15) is 33.6 Å². The molecule has 0 aliphatic heterocycles. The minimum absolute atomic E-state index is 0.320. The van der Waals surface area contributed by atoms with Crippen molar-refractivity contribution in [2.24, 2.45) is 0 Å². The van der Waals surface area contributed by atoms with Gasteiger partial charge in [0.05, 0.1) is 0 Å². The van der Waals surface area contributed by atoms with Crippen molar-refractivity contribution in [2.45, 2.75) is 39.7 Å². The van der Waals surface area contributed by atoms with Crippen molar-refractivity contribution in [1.29, 1.82) is 0 Å². The molecule has 0 aromatic rings. The van der Waals surface area contributed by atoms with E-state index in [9.17, 15) is 8.76 Å². The van der Waals surface area contributed by atoms with Crippen molar-refractivity contribution < 1.29 is 22.0 Å². The summed E-state index contributed by atoms with van der Waals surface area (Å²) < 4.78 is 40.0. The molecular weight excluding hydrogens is 298 g/mol. The maximum Gasteiger partial charge on any atom is 0.500 e. The minimum Gasteiger partial charge on any atom is -0.760 e. The van der Waals surface area contributed by atoms with Gasteiger partial charge in [-0.05, 0) is 33.6 Å². The third-order valence-electron chi connectivity index (χ3n) is 2.43. The van der Waals surface area contributed by atoms with Gasteiger partial charge in [-0.2, -0.15) is 0 Å². The fraction of sp³-hybridized carbons (Fsp3) is 0.833. The highest BCUT2D eigenvalue weighted by Crippen LogP contribution is 2.19. The van der Waals surface area contributed by atoms with Gasteiger partial charge in [0.25, 0.3) is 0 Å². The minimum atomic E-state index is -2.53. The lowest BCUT2D eigenvalue weighted by Gasteiger charge is -2.28. The van der Waals surface area contributed by atoms with Crippen LogP contribution < -0.4 is 4.72 Å². The highest BCUT2D eigenvalue weighted by atomic mass is 32.2. The number of rotatable bonds is 13. The van der Waals surface area contributed by atoms with Crippen LogP contribution in [0.5, 0.6) is 0 Å². The lowest BCUT2D eigenvalue weighted by molar-refractivity contribution is 0.0709. The van der Waals surface area contributed by atoms with E-state index in [-0.39, 0.29) is 0 Å². The van der Waals surface area contributed by atoms with Gasteiger partial charge in [0.1, 0.15) is 0 Å². The standard InChI is InChI=1S/C12H27NO5SSi/c1-4-16-20(17-5-2,18-6-3)12-10-8-7-9-11-13-19(14)15/h7,9,13H,4-6,8,10-12H2,1-3H3,(H,14,15)/p-1. The van der Waals surface area contributed by atoms with Crippen LogP contribution in [-0.2, 0) is 24.5 Å². The fourth-order valence-electron chi connectivity index (χ4n) is 1.76. The fourth-order valence-corrected chi connectivity index (χ4v) is 4.63. The predicted molar refractivity (Wildman–Crippen MR) is 80.7 cm³/mol. The Balaban J connectivity index is 4.08. The van der Waals surface area contributed by atoms with E-state index < -0.39 is 20.1 Å². The van der Waals surface area contributed by atoms with Crippen molar-refractivity contribution in [1.82, 2.24) is 4.72 Å². The summed E-state index contributed by atoms with van der Waals surface area (Å²) in [6.45, 7) is 7.89. The van der Waals surface area contributed by atoms with Crippen LogP contribution in [0.25, 0.3) is 0 Å². The first-order valence-corrected chi connectivity index (χ1v) is 10.0. The molecule has 1 N–H and O–H groups in total. The van der Waals surface area contributed by atoms with E-state index in [0.29, 0.717) is 26.4 Å². The molecule has 8 heteroatoms. The molecule has 0 bridgehead atoms. The predicted octanol–water partition coefficient (Wildman–Crippen LogP) is 1.75. The quantitative estimate of drug-likeness (QED) is 0.242. The molecule has 0 radical (unpaired) electrons. The Morgan fingerprint density at radius 3 is 2.10 bits per heavy atom. The van der Waals surface area contributed by atoms with Crippen LogP contribution in [0.4, 0.5) is 0 Å². The van der Waals surface area contributed by atoms with E-state index in [4.69, 9.17) is 13.3 Å². The van der Waals surface area contributed by atoms with Crippen molar-refractivity contribution in [3.63, 3.8) is 0 Å². The molecule has 0 heterocycles. The summed E-state index contributed by atoms with van der Waals surface area (Å²) in [5, 5.41) is 0. The van der Waals surface area contributed by atoms with Gasteiger partial charge in [-0.25, -0.2) is 4.72 Å². The molecule has 20 heavy (non-hydrogen) atoms. The van der Waals surface area contributed by atoms with Crippen molar-refractivity contribution in [2.75, 3.05) is 26.4 Å². The number of allylic oxidation sites excluding steroid dienone is 1. The molecule has 0 spiro atoms.